The number of rotatable bonds is 5. The second-order valence-electron chi connectivity index (χ2n) is 3.96. The number of carbonyl (C=O) groups excluding carboxylic acids is 2. The molecule has 6 heteroatoms. The summed E-state index contributed by atoms with van der Waals surface area (Å²) < 4.78 is 10.1. The van der Waals surface area contributed by atoms with Crippen LogP contribution < -0.4 is 15.4 Å². The molecule has 0 aliphatic carbocycles. The number of methoxy groups -OCH3 is 2. The summed E-state index contributed by atoms with van der Waals surface area (Å²) in [6.45, 7) is 3.05. The van der Waals surface area contributed by atoms with E-state index in [9.17, 15) is 9.59 Å². The molecule has 1 unspecified atom stereocenters. The van der Waals surface area contributed by atoms with E-state index in [-0.39, 0.29) is 11.8 Å². The van der Waals surface area contributed by atoms with Crippen LogP contribution in [0.5, 0.6) is 5.75 Å². The van der Waals surface area contributed by atoms with Gasteiger partial charge in [0.15, 0.2) is 0 Å². The van der Waals surface area contributed by atoms with Gasteiger partial charge in [-0.15, -0.1) is 0 Å². The molecule has 0 aliphatic heterocycles. The number of hydrogen-bond acceptors (Lipinski definition) is 4. The molecular weight excluding hydrogens is 248 g/mol. The van der Waals surface area contributed by atoms with Crippen molar-refractivity contribution in [1.82, 2.24) is 0 Å². The number of ether oxygens (including phenoxy) is 2. The van der Waals surface area contributed by atoms with E-state index in [2.05, 4.69) is 10.6 Å². The molecule has 0 spiro atoms. The Hall–Kier alpha value is -2.08. The molecule has 0 saturated heterocycles. The summed E-state index contributed by atoms with van der Waals surface area (Å²) in [5, 5.41) is 5.32. The van der Waals surface area contributed by atoms with Gasteiger partial charge in [0.2, 0.25) is 5.91 Å². The van der Waals surface area contributed by atoms with Crippen molar-refractivity contribution < 1.29 is 19.1 Å². The molecule has 1 aromatic carbocycles. The van der Waals surface area contributed by atoms with Gasteiger partial charge in [-0.2, -0.15) is 0 Å². The predicted octanol–water partition coefficient (Wildman–Crippen LogP) is 1.63. The Morgan fingerprint density at radius 2 is 1.89 bits per heavy atom. The van der Waals surface area contributed by atoms with Crippen LogP contribution in [0.15, 0.2) is 18.2 Å². The standard InChI is InChI=1S/C13H18N2O4/c1-8(18-3)13(17)15-11-7-10(14-9(2)16)5-6-12(11)19-4/h5-8H,1-4H3,(H,14,16)(H,15,17). The van der Waals surface area contributed by atoms with Crippen molar-refractivity contribution in [3.63, 3.8) is 0 Å². The molecule has 0 aliphatic rings. The van der Waals surface area contributed by atoms with Crippen molar-refractivity contribution in [3.05, 3.63) is 18.2 Å². The first-order valence-corrected chi connectivity index (χ1v) is 5.77. The second-order valence-corrected chi connectivity index (χ2v) is 3.96. The van der Waals surface area contributed by atoms with Crippen molar-refractivity contribution in [2.75, 3.05) is 24.9 Å². The van der Waals surface area contributed by atoms with Crippen LogP contribution in [-0.2, 0) is 14.3 Å². The molecule has 0 fully saturated rings. The Bertz CT molecular complexity index is 474. The van der Waals surface area contributed by atoms with Crippen LogP contribution in [-0.4, -0.2) is 32.1 Å². The average molecular weight is 266 g/mol. The minimum absolute atomic E-state index is 0.187. The van der Waals surface area contributed by atoms with E-state index in [0.717, 1.165) is 0 Å². The van der Waals surface area contributed by atoms with Gasteiger partial charge in [0.05, 0.1) is 12.8 Å². The number of carbonyl (C=O) groups is 2. The van der Waals surface area contributed by atoms with Crippen molar-refractivity contribution >= 4 is 23.2 Å². The maximum Gasteiger partial charge on any atom is 0.253 e. The van der Waals surface area contributed by atoms with E-state index in [1.54, 1.807) is 25.1 Å². The van der Waals surface area contributed by atoms with Crippen molar-refractivity contribution in [2.45, 2.75) is 20.0 Å². The Kier molecular flexibility index (Phi) is 5.32. The average Bonchev–Trinajstić information content (AvgIpc) is 2.37. The number of benzene rings is 1. The first-order chi connectivity index (χ1) is 8.97. The lowest BCUT2D eigenvalue weighted by Crippen LogP contribution is -2.26. The van der Waals surface area contributed by atoms with Gasteiger partial charge < -0.3 is 20.1 Å². The maximum atomic E-state index is 11.8. The summed E-state index contributed by atoms with van der Waals surface area (Å²) >= 11 is 0. The molecule has 1 aromatic rings. The summed E-state index contributed by atoms with van der Waals surface area (Å²) in [5.74, 6) is 0.0271. The minimum atomic E-state index is -0.575. The highest BCUT2D eigenvalue weighted by Crippen LogP contribution is 2.28. The summed E-state index contributed by atoms with van der Waals surface area (Å²) in [5.41, 5.74) is 1.05. The fourth-order valence-corrected chi connectivity index (χ4v) is 1.43. The molecule has 0 aromatic heterocycles. The zero-order chi connectivity index (χ0) is 14.4. The Balaban J connectivity index is 2.95. The fourth-order valence-electron chi connectivity index (χ4n) is 1.43. The lowest BCUT2D eigenvalue weighted by Gasteiger charge is -2.14. The summed E-state index contributed by atoms with van der Waals surface area (Å²) in [6, 6.07) is 4.98. The number of amides is 2. The molecular formula is C13H18N2O4. The van der Waals surface area contributed by atoms with Gasteiger partial charge in [-0.1, -0.05) is 0 Å². The van der Waals surface area contributed by atoms with Crippen LogP contribution in [0.4, 0.5) is 11.4 Å². The van der Waals surface area contributed by atoms with Crippen LogP contribution in [0.2, 0.25) is 0 Å². The van der Waals surface area contributed by atoms with Gasteiger partial charge >= 0.3 is 0 Å². The Morgan fingerprint density at radius 1 is 1.21 bits per heavy atom. The van der Waals surface area contributed by atoms with Crippen molar-refractivity contribution in [1.29, 1.82) is 0 Å². The summed E-state index contributed by atoms with van der Waals surface area (Å²) in [4.78, 5) is 22.8. The van der Waals surface area contributed by atoms with Gasteiger partial charge in [0.25, 0.3) is 5.91 Å². The highest BCUT2D eigenvalue weighted by molar-refractivity contribution is 5.97. The molecule has 19 heavy (non-hydrogen) atoms. The zero-order valence-corrected chi connectivity index (χ0v) is 11.4. The topological polar surface area (TPSA) is 76.7 Å². The Morgan fingerprint density at radius 3 is 2.42 bits per heavy atom. The highest BCUT2D eigenvalue weighted by atomic mass is 16.5. The van der Waals surface area contributed by atoms with E-state index in [1.807, 2.05) is 0 Å². The largest absolute Gasteiger partial charge is 0.495 e. The normalized spacial score (nSPS) is 11.6. The van der Waals surface area contributed by atoms with Crippen LogP contribution >= 0.6 is 0 Å². The van der Waals surface area contributed by atoms with E-state index in [4.69, 9.17) is 9.47 Å². The molecule has 0 saturated carbocycles. The van der Waals surface area contributed by atoms with E-state index < -0.39 is 6.10 Å². The lowest BCUT2D eigenvalue weighted by molar-refractivity contribution is -0.124. The lowest BCUT2D eigenvalue weighted by atomic mass is 10.2. The fraction of sp³-hybridized carbons (Fsp3) is 0.385. The number of nitrogens with one attached hydrogen (secondary N) is 2. The van der Waals surface area contributed by atoms with E-state index >= 15 is 0 Å². The predicted molar refractivity (Wildman–Crippen MR) is 72.4 cm³/mol. The van der Waals surface area contributed by atoms with Crippen molar-refractivity contribution in [2.24, 2.45) is 0 Å². The van der Waals surface area contributed by atoms with Gasteiger partial charge in [-0.3, -0.25) is 9.59 Å². The highest BCUT2D eigenvalue weighted by Gasteiger charge is 2.14. The molecule has 0 bridgehead atoms. The van der Waals surface area contributed by atoms with Crippen LogP contribution in [0, 0.1) is 0 Å². The second kappa shape index (κ2) is 6.75. The van der Waals surface area contributed by atoms with Gasteiger partial charge in [-0.05, 0) is 25.1 Å². The van der Waals surface area contributed by atoms with Crippen LogP contribution in [0.1, 0.15) is 13.8 Å². The summed E-state index contributed by atoms with van der Waals surface area (Å²) in [6.07, 6.45) is -0.575. The van der Waals surface area contributed by atoms with Crippen LogP contribution in [0.25, 0.3) is 0 Å². The molecule has 0 heterocycles. The molecule has 1 atom stereocenters. The van der Waals surface area contributed by atoms with Crippen LogP contribution in [0.3, 0.4) is 0 Å². The Labute approximate surface area is 112 Å². The molecule has 2 amide bonds. The zero-order valence-electron chi connectivity index (χ0n) is 11.4. The van der Waals surface area contributed by atoms with Gasteiger partial charge in [-0.25, -0.2) is 0 Å². The third-order valence-electron chi connectivity index (χ3n) is 2.50. The molecule has 104 valence electrons. The first-order valence-electron chi connectivity index (χ1n) is 5.77. The molecule has 2 N–H and O–H groups in total. The molecule has 0 radical (unpaired) electrons. The first kappa shape index (κ1) is 15.0. The molecule has 1 rings (SSSR count). The van der Waals surface area contributed by atoms with E-state index in [0.29, 0.717) is 17.1 Å². The van der Waals surface area contributed by atoms with Gasteiger partial charge in [0.1, 0.15) is 11.9 Å². The third-order valence-corrected chi connectivity index (χ3v) is 2.50. The maximum absolute atomic E-state index is 11.8. The van der Waals surface area contributed by atoms with Gasteiger partial charge in [0, 0.05) is 19.7 Å². The third kappa shape index (κ3) is 4.26. The minimum Gasteiger partial charge on any atom is -0.495 e. The van der Waals surface area contributed by atoms with Crippen molar-refractivity contribution in [3.8, 4) is 5.75 Å². The smallest absolute Gasteiger partial charge is 0.253 e. The SMILES string of the molecule is COc1ccc(NC(C)=O)cc1NC(=O)C(C)OC. The monoisotopic (exact) mass is 266 g/mol. The van der Waals surface area contributed by atoms with E-state index in [1.165, 1.54) is 21.1 Å². The number of hydrogen-bond donors (Lipinski definition) is 2. The molecule has 6 nitrogen and oxygen atoms in total. The summed E-state index contributed by atoms with van der Waals surface area (Å²) in [7, 11) is 2.96. The number of anilines is 2. The quantitative estimate of drug-likeness (QED) is 0.849.